The first-order valence-corrected chi connectivity index (χ1v) is 8.29. The SMILES string of the molecule is CNCC1CCCN(C(=O)N2CCSCC2C(=O)O)C1. The van der Waals surface area contributed by atoms with Crippen LogP contribution in [0.5, 0.6) is 0 Å². The molecule has 20 heavy (non-hydrogen) atoms. The number of amides is 2. The average molecular weight is 301 g/mol. The normalized spacial score (nSPS) is 27.4. The Kier molecular flexibility index (Phi) is 5.54. The zero-order valence-electron chi connectivity index (χ0n) is 11.9. The van der Waals surface area contributed by atoms with Crippen LogP contribution < -0.4 is 5.32 Å². The monoisotopic (exact) mass is 301 g/mol. The molecule has 2 heterocycles. The predicted octanol–water partition coefficient (Wildman–Crippen LogP) is 0.540. The Morgan fingerprint density at radius 3 is 2.90 bits per heavy atom. The minimum absolute atomic E-state index is 0.0986. The van der Waals surface area contributed by atoms with E-state index in [9.17, 15) is 14.7 Å². The summed E-state index contributed by atoms with van der Waals surface area (Å²) in [4.78, 5) is 27.2. The molecule has 2 fully saturated rings. The number of carbonyl (C=O) groups excluding carboxylic acids is 1. The zero-order valence-corrected chi connectivity index (χ0v) is 12.7. The van der Waals surface area contributed by atoms with Crippen LogP contribution in [0, 0.1) is 5.92 Å². The Morgan fingerprint density at radius 2 is 2.20 bits per heavy atom. The second kappa shape index (κ2) is 7.17. The Hall–Kier alpha value is -0.950. The summed E-state index contributed by atoms with van der Waals surface area (Å²) in [5.41, 5.74) is 0. The molecule has 0 aliphatic carbocycles. The second-order valence-electron chi connectivity index (χ2n) is 5.42. The molecule has 0 aromatic rings. The van der Waals surface area contributed by atoms with E-state index in [-0.39, 0.29) is 6.03 Å². The van der Waals surface area contributed by atoms with E-state index in [0.717, 1.165) is 38.2 Å². The summed E-state index contributed by atoms with van der Waals surface area (Å²) >= 11 is 1.60. The van der Waals surface area contributed by atoms with Crippen LogP contribution in [-0.2, 0) is 4.79 Å². The summed E-state index contributed by atoms with van der Waals surface area (Å²) in [5.74, 6) is 0.896. The van der Waals surface area contributed by atoms with Gasteiger partial charge >= 0.3 is 12.0 Å². The minimum Gasteiger partial charge on any atom is -0.480 e. The van der Waals surface area contributed by atoms with Gasteiger partial charge < -0.3 is 20.2 Å². The van der Waals surface area contributed by atoms with E-state index in [4.69, 9.17) is 0 Å². The van der Waals surface area contributed by atoms with Crippen LogP contribution in [0.2, 0.25) is 0 Å². The van der Waals surface area contributed by atoms with Crippen LogP contribution in [0.3, 0.4) is 0 Å². The maximum atomic E-state index is 12.6. The molecule has 2 atom stereocenters. The Balaban J connectivity index is 1.99. The van der Waals surface area contributed by atoms with E-state index in [1.54, 1.807) is 16.7 Å². The molecule has 2 N–H and O–H groups in total. The van der Waals surface area contributed by atoms with Gasteiger partial charge in [0.25, 0.3) is 0 Å². The largest absolute Gasteiger partial charge is 0.480 e. The van der Waals surface area contributed by atoms with Gasteiger partial charge in [-0.05, 0) is 32.4 Å². The highest BCUT2D eigenvalue weighted by molar-refractivity contribution is 7.99. The molecule has 2 aliphatic rings. The molecular formula is C13H23N3O3S. The molecule has 0 saturated carbocycles. The van der Waals surface area contributed by atoms with Gasteiger partial charge in [0.15, 0.2) is 0 Å². The van der Waals surface area contributed by atoms with Crippen LogP contribution in [0.4, 0.5) is 4.79 Å². The van der Waals surface area contributed by atoms with Crippen molar-refractivity contribution in [3.63, 3.8) is 0 Å². The van der Waals surface area contributed by atoms with Crippen molar-refractivity contribution >= 4 is 23.8 Å². The third kappa shape index (κ3) is 3.58. The lowest BCUT2D eigenvalue weighted by Gasteiger charge is -2.40. The third-order valence-corrected chi connectivity index (χ3v) is 4.96. The fraction of sp³-hybridized carbons (Fsp3) is 0.846. The summed E-state index contributed by atoms with van der Waals surface area (Å²) in [6, 6.07) is -0.774. The number of hydrogen-bond donors (Lipinski definition) is 2. The molecule has 0 spiro atoms. The minimum atomic E-state index is -0.894. The van der Waals surface area contributed by atoms with Gasteiger partial charge in [-0.15, -0.1) is 0 Å². The number of thioether (sulfide) groups is 1. The van der Waals surface area contributed by atoms with Crippen LogP contribution in [0.15, 0.2) is 0 Å². The van der Waals surface area contributed by atoms with E-state index in [0.29, 0.717) is 18.2 Å². The highest BCUT2D eigenvalue weighted by Crippen LogP contribution is 2.22. The molecule has 114 valence electrons. The number of nitrogens with zero attached hydrogens (tertiary/aromatic N) is 2. The van der Waals surface area contributed by atoms with E-state index >= 15 is 0 Å². The number of hydrogen-bond acceptors (Lipinski definition) is 4. The smallest absolute Gasteiger partial charge is 0.327 e. The number of rotatable bonds is 3. The molecule has 2 rings (SSSR count). The molecule has 7 heteroatoms. The quantitative estimate of drug-likeness (QED) is 0.796. The highest BCUT2D eigenvalue weighted by atomic mass is 32.2. The molecule has 2 saturated heterocycles. The van der Waals surface area contributed by atoms with E-state index in [2.05, 4.69) is 5.32 Å². The topological polar surface area (TPSA) is 72.9 Å². The Bertz CT molecular complexity index is 365. The molecule has 2 aliphatic heterocycles. The fourth-order valence-electron chi connectivity index (χ4n) is 2.91. The number of urea groups is 1. The number of aliphatic carboxylic acids is 1. The number of likely N-dealkylation sites (tertiary alicyclic amines) is 1. The maximum absolute atomic E-state index is 12.6. The molecule has 2 amide bonds. The van der Waals surface area contributed by atoms with Crippen molar-refractivity contribution in [1.82, 2.24) is 15.1 Å². The molecule has 0 bridgehead atoms. The molecule has 6 nitrogen and oxygen atoms in total. The van der Waals surface area contributed by atoms with E-state index in [1.165, 1.54) is 0 Å². The third-order valence-electron chi connectivity index (χ3n) is 3.94. The molecule has 0 aromatic carbocycles. The van der Waals surface area contributed by atoms with Crippen LogP contribution in [0.1, 0.15) is 12.8 Å². The van der Waals surface area contributed by atoms with Crippen molar-refractivity contribution in [3.05, 3.63) is 0 Å². The van der Waals surface area contributed by atoms with E-state index in [1.807, 2.05) is 11.9 Å². The van der Waals surface area contributed by atoms with Crippen LogP contribution in [-0.4, -0.2) is 77.7 Å². The highest BCUT2D eigenvalue weighted by Gasteiger charge is 2.36. The van der Waals surface area contributed by atoms with Crippen molar-refractivity contribution in [1.29, 1.82) is 0 Å². The van der Waals surface area contributed by atoms with Gasteiger partial charge in [0.1, 0.15) is 6.04 Å². The lowest BCUT2D eigenvalue weighted by molar-refractivity contribution is -0.141. The average Bonchev–Trinajstić information content (AvgIpc) is 2.47. The zero-order chi connectivity index (χ0) is 14.5. The standard InChI is InChI=1S/C13H23N3O3S/c1-14-7-10-3-2-4-15(8-10)13(19)16-5-6-20-9-11(16)12(17)18/h10-11,14H,2-9H2,1H3,(H,17,18). The van der Waals surface area contributed by atoms with Crippen LogP contribution >= 0.6 is 11.8 Å². The second-order valence-corrected chi connectivity index (χ2v) is 6.57. The van der Waals surface area contributed by atoms with Crippen molar-refractivity contribution < 1.29 is 14.7 Å². The van der Waals surface area contributed by atoms with Crippen molar-refractivity contribution in [3.8, 4) is 0 Å². The molecule has 0 radical (unpaired) electrons. The Morgan fingerprint density at radius 1 is 1.40 bits per heavy atom. The van der Waals surface area contributed by atoms with Crippen molar-refractivity contribution in [2.75, 3.05) is 44.7 Å². The summed E-state index contributed by atoms with van der Waals surface area (Å²) < 4.78 is 0. The summed E-state index contributed by atoms with van der Waals surface area (Å²) in [5, 5.41) is 12.4. The van der Waals surface area contributed by atoms with Crippen molar-refractivity contribution in [2.24, 2.45) is 5.92 Å². The summed E-state index contributed by atoms with van der Waals surface area (Å²) in [6.45, 7) is 2.92. The lowest BCUT2D eigenvalue weighted by Crippen LogP contribution is -2.56. The van der Waals surface area contributed by atoms with Crippen LogP contribution in [0.25, 0.3) is 0 Å². The number of piperidine rings is 1. The summed E-state index contributed by atoms with van der Waals surface area (Å²) in [7, 11) is 1.92. The molecule has 2 unspecified atom stereocenters. The van der Waals surface area contributed by atoms with Gasteiger partial charge in [-0.3, -0.25) is 0 Å². The number of carboxylic acids is 1. The van der Waals surface area contributed by atoms with Gasteiger partial charge in [0, 0.05) is 31.1 Å². The fourth-order valence-corrected chi connectivity index (χ4v) is 3.95. The first-order chi connectivity index (χ1) is 9.63. The molecular weight excluding hydrogens is 278 g/mol. The summed E-state index contributed by atoms with van der Waals surface area (Å²) in [6.07, 6.45) is 2.13. The van der Waals surface area contributed by atoms with E-state index < -0.39 is 12.0 Å². The number of nitrogens with one attached hydrogen (secondary N) is 1. The van der Waals surface area contributed by atoms with Gasteiger partial charge in [0.2, 0.25) is 0 Å². The van der Waals surface area contributed by atoms with Crippen molar-refractivity contribution in [2.45, 2.75) is 18.9 Å². The predicted molar refractivity (Wildman–Crippen MR) is 79.1 cm³/mol. The first kappa shape index (κ1) is 15.4. The number of carboxylic acid groups (broad SMARTS) is 1. The van der Waals surface area contributed by atoms with Gasteiger partial charge in [-0.1, -0.05) is 0 Å². The maximum Gasteiger partial charge on any atom is 0.327 e. The molecule has 0 aromatic heterocycles. The van der Waals surface area contributed by atoms with Gasteiger partial charge in [-0.25, -0.2) is 9.59 Å². The number of carbonyl (C=O) groups is 2. The lowest BCUT2D eigenvalue weighted by atomic mass is 9.98. The van der Waals surface area contributed by atoms with Gasteiger partial charge in [-0.2, -0.15) is 11.8 Å². The van der Waals surface area contributed by atoms with Gasteiger partial charge in [0.05, 0.1) is 0 Å². The first-order valence-electron chi connectivity index (χ1n) is 7.14. The Labute approximate surface area is 123 Å².